The molecule has 0 saturated heterocycles. The van der Waals surface area contributed by atoms with Gasteiger partial charge in [0.15, 0.2) is 11.5 Å². The number of nitrogens with zero attached hydrogens (tertiary/aromatic N) is 1. The minimum atomic E-state index is -4.65. The third kappa shape index (κ3) is 3.99. The zero-order valence-corrected chi connectivity index (χ0v) is 20.2. The number of fused-ring (bicyclic) bond motifs is 1. The van der Waals surface area contributed by atoms with Crippen molar-refractivity contribution in [2.45, 2.75) is 19.1 Å². The molecule has 3 aromatic carbocycles. The van der Waals surface area contributed by atoms with Crippen molar-refractivity contribution in [2.24, 2.45) is 0 Å². The number of ketones is 1. The third-order valence-corrected chi connectivity index (χ3v) is 6.58. The lowest BCUT2D eigenvalue weighted by molar-refractivity contribution is -0.137. The van der Waals surface area contributed by atoms with Gasteiger partial charge in [-0.25, -0.2) is 0 Å². The first-order valence-corrected chi connectivity index (χ1v) is 11.6. The van der Waals surface area contributed by atoms with Crippen LogP contribution in [0.3, 0.4) is 0 Å². The number of aliphatic hydroxyl groups excluding tert-OH is 1. The first kappa shape index (κ1) is 23.9. The van der Waals surface area contributed by atoms with Crippen molar-refractivity contribution >= 4 is 44.3 Å². The summed E-state index contributed by atoms with van der Waals surface area (Å²) < 4.78 is 46.8. The molecular weight excluding hydrogens is 539 g/mol. The number of halogens is 4. The van der Waals surface area contributed by atoms with Gasteiger partial charge < -0.3 is 9.52 Å². The molecule has 1 aliphatic heterocycles. The molecule has 2 heterocycles. The molecule has 0 spiro atoms. The zero-order chi connectivity index (χ0) is 25.8. The summed E-state index contributed by atoms with van der Waals surface area (Å²) in [5, 5.41) is 11.5. The van der Waals surface area contributed by atoms with Crippen molar-refractivity contribution in [3.05, 3.63) is 111 Å². The minimum absolute atomic E-state index is 0.106. The summed E-state index contributed by atoms with van der Waals surface area (Å²) >= 11 is 3.36. The molecule has 0 aliphatic carbocycles. The predicted molar refractivity (Wildman–Crippen MR) is 131 cm³/mol. The maximum Gasteiger partial charge on any atom is 0.416 e. The first-order valence-electron chi connectivity index (χ1n) is 10.8. The van der Waals surface area contributed by atoms with E-state index in [-0.39, 0.29) is 17.0 Å². The Morgan fingerprint density at radius 2 is 1.78 bits per heavy atom. The van der Waals surface area contributed by atoms with Crippen LogP contribution in [0.15, 0.2) is 93.0 Å². The van der Waals surface area contributed by atoms with Crippen LogP contribution in [0.4, 0.5) is 18.9 Å². The van der Waals surface area contributed by atoms with Gasteiger partial charge in [0, 0.05) is 15.5 Å². The Hall–Kier alpha value is -3.85. The molecule has 1 aromatic heterocycles. The van der Waals surface area contributed by atoms with Crippen LogP contribution in [-0.4, -0.2) is 16.8 Å². The number of furan rings is 1. The van der Waals surface area contributed by atoms with Crippen LogP contribution >= 0.6 is 15.9 Å². The van der Waals surface area contributed by atoms with Gasteiger partial charge in [-0.05, 0) is 60.5 Å². The lowest BCUT2D eigenvalue weighted by Crippen LogP contribution is -2.31. The topological polar surface area (TPSA) is 70.7 Å². The second-order valence-electron chi connectivity index (χ2n) is 8.37. The van der Waals surface area contributed by atoms with Crippen LogP contribution in [0.25, 0.3) is 11.0 Å². The largest absolute Gasteiger partial charge is 0.503 e. The summed E-state index contributed by atoms with van der Waals surface area (Å²) in [6.45, 7) is 1.75. The van der Waals surface area contributed by atoms with E-state index in [1.165, 1.54) is 18.2 Å². The van der Waals surface area contributed by atoms with Crippen molar-refractivity contribution in [2.75, 3.05) is 4.90 Å². The van der Waals surface area contributed by atoms with Gasteiger partial charge in [0.05, 0.1) is 17.2 Å². The maximum atomic E-state index is 13.7. The molecule has 1 amide bonds. The molecule has 1 N–H and O–H groups in total. The van der Waals surface area contributed by atoms with Crippen LogP contribution < -0.4 is 4.90 Å². The monoisotopic (exact) mass is 555 g/mol. The fraction of sp³-hybridized carbons (Fsp3) is 0.111. The van der Waals surface area contributed by atoms with Crippen LogP contribution in [0, 0.1) is 6.92 Å². The second kappa shape index (κ2) is 8.67. The highest BCUT2D eigenvalue weighted by molar-refractivity contribution is 9.10. The van der Waals surface area contributed by atoms with Crippen LogP contribution in [0.2, 0.25) is 0 Å². The van der Waals surface area contributed by atoms with Gasteiger partial charge in [0.2, 0.25) is 5.78 Å². The van der Waals surface area contributed by atoms with Crippen LogP contribution in [0.5, 0.6) is 0 Å². The van der Waals surface area contributed by atoms with Crippen molar-refractivity contribution < 1.29 is 32.3 Å². The second-order valence-corrected chi connectivity index (χ2v) is 9.28. The molecule has 0 fully saturated rings. The number of hydrogen-bond acceptors (Lipinski definition) is 4. The molecule has 5 nitrogen and oxygen atoms in total. The Morgan fingerprint density at radius 3 is 2.50 bits per heavy atom. The van der Waals surface area contributed by atoms with E-state index in [0.29, 0.717) is 22.1 Å². The third-order valence-electron chi connectivity index (χ3n) is 6.09. The van der Waals surface area contributed by atoms with Gasteiger partial charge in [-0.15, -0.1) is 0 Å². The average molecular weight is 556 g/mol. The van der Waals surface area contributed by atoms with Gasteiger partial charge in [0.1, 0.15) is 5.58 Å². The maximum absolute atomic E-state index is 13.7. The summed E-state index contributed by atoms with van der Waals surface area (Å²) in [6, 6.07) is 16.5. The molecule has 9 heteroatoms. The minimum Gasteiger partial charge on any atom is -0.503 e. The SMILES string of the molecule is Cc1ccccc1C1C(C(=O)c2cc3cc(Br)ccc3o2)=C(O)C(=O)N1c1cccc(C(F)(F)F)c1. The van der Waals surface area contributed by atoms with E-state index < -0.39 is 35.2 Å². The Morgan fingerprint density at radius 1 is 1.03 bits per heavy atom. The molecule has 0 bridgehead atoms. The number of rotatable bonds is 4. The Bertz CT molecular complexity index is 1570. The first-order chi connectivity index (χ1) is 17.1. The number of Topliss-reactive ketones (excluding diaryl/α,β-unsaturated/α-hetero) is 1. The van der Waals surface area contributed by atoms with Gasteiger partial charge in [-0.2, -0.15) is 13.2 Å². The number of aryl methyl sites for hydroxylation is 1. The van der Waals surface area contributed by atoms with E-state index in [0.717, 1.165) is 21.5 Å². The molecule has 0 saturated carbocycles. The summed E-state index contributed by atoms with van der Waals surface area (Å²) in [5.74, 6) is -2.67. The molecule has 36 heavy (non-hydrogen) atoms. The number of carbonyl (C=O) groups excluding carboxylic acids is 2. The summed E-state index contributed by atoms with van der Waals surface area (Å²) in [4.78, 5) is 28.0. The van der Waals surface area contributed by atoms with Crippen molar-refractivity contribution in [1.29, 1.82) is 0 Å². The fourth-order valence-electron chi connectivity index (χ4n) is 4.38. The van der Waals surface area contributed by atoms with E-state index in [1.807, 2.05) is 0 Å². The Labute approximate surface area is 211 Å². The number of amides is 1. The lowest BCUT2D eigenvalue weighted by atomic mass is 9.92. The lowest BCUT2D eigenvalue weighted by Gasteiger charge is -2.28. The number of benzene rings is 3. The average Bonchev–Trinajstić information content (AvgIpc) is 3.37. The number of alkyl halides is 3. The van der Waals surface area contributed by atoms with Crippen molar-refractivity contribution in [3.8, 4) is 0 Å². The fourth-order valence-corrected chi connectivity index (χ4v) is 4.76. The van der Waals surface area contributed by atoms with E-state index >= 15 is 0 Å². The standard InChI is InChI=1S/C27H17BrF3NO4/c1-14-5-2-3-8-19(14)23-22(24(33)21-12-15-11-17(28)9-10-20(15)36-21)25(34)26(35)32(23)18-7-4-6-16(13-18)27(29,30)31/h2-13,23,34H,1H3. The summed E-state index contributed by atoms with van der Waals surface area (Å²) in [6.07, 6.45) is -4.65. The quantitative estimate of drug-likeness (QED) is 0.268. The predicted octanol–water partition coefficient (Wildman–Crippen LogP) is 7.31. The highest BCUT2D eigenvalue weighted by atomic mass is 79.9. The van der Waals surface area contributed by atoms with Gasteiger partial charge in [0.25, 0.3) is 5.91 Å². The smallest absolute Gasteiger partial charge is 0.416 e. The number of aliphatic hydroxyl groups is 1. The molecule has 5 rings (SSSR count). The zero-order valence-electron chi connectivity index (χ0n) is 18.6. The summed E-state index contributed by atoms with van der Waals surface area (Å²) in [5.41, 5.74) is 0.248. The van der Waals surface area contributed by atoms with Crippen molar-refractivity contribution in [1.82, 2.24) is 0 Å². The molecule has 1 aliphatic rings. The molecule has 4 aromatic rings. The highest BCUT2D eigenvalue weighted by Gasteiger charge is 2.46. The molecule has 182 valence electrons. The Kier molecular flexibility index (Phi) is 5.75. The van der Waals surface area contributed by atoms with E-state index in [9.17, 15) is 27.9 Å². The van der Waals surface area contributed by atoms with Crippen molar-refractivity contribution in [3.63, 3.8) is 0 Å². The van der Waals surface area contributed by atoms with Gasteiger partial charge in [-0.3, -0.25) is 14.5 Å². The van der Waals surface area contributed by atoms with E-state index in [1.54, 1.807) is 49.4 Å². The normalized spacial score (nSPS) is 16.3. The number of anilines is 1. The highest BCUT2D eigenvalue weighted by Crippen LogP contribution is 2.44. The molecule has 0 radical (unpaired) electrons. The van der Waals surface area contributed by atoms with Crippen LogP contribution in [0.1, 0.15) is 33.3 Å². The van der Waals surface area contributed by atoms with Gasteiger partial charge >= 0.3 is 6.18 Å². The molecule has 1 atom stereocenters. The van der Waals surface area contributed by atoms with E-state index in [4.69, 9.17) is 4.42 Å². The number of carbonyl (C=O) groups is 2. The van der Waals surface area contributed by atoms with E-state index in [2.05, 4.69) is 15.9 Å². The summed E-state index contributed by atoms with van der Waals surface area (Å²) in [7, 11) is 0. The van der Waals surface area contributed by atoms with Gasteiger partial charge in [-0.1, -0.05) is 46.3 Å². The van der Waals surface area contributed by atoms with Crippen LogP contribution in [-0.2, 0) is 11.0 Å². The molecular formula is C27H17BrF3NO4. The molecule has 1 unspecified atom stereocenters. The number of hydrogen-bond donors (Lipinski definition) is 1. The Balaban J connectivity index is 1.68.